The van der Waals surface area contributed by atoms with E-state index in [4.69, 9.17) is 0 Å². The fourth-order valence-corrected chi connectivity index (χ4v) is 5.40. The predicted molar refractivity (Wildman–Crippen MR) is 96.2 cm³/mol. The Hall–Kier alpha value is -0.920. The van der Waals surface area contributed by atoms with Crippen molar-refractivity contribution in [2.24, 2.45) is 17.8 Å². The lowest BCUT2D eigenvalue weighted by Crippen LogP contribution is -2.26. The molecule has 0 amide bonds. The maximum atomic E-state index is 14.2. The summed E-state index contributed by atoms with van der Waals surface area (Å²) in [6.07, 6.45) is 12.8. The fourth-order valence-electron chi connectivity index (χ4n) is 5.40. The molecule has 0 spiro atoms. The second-order valence-electron chi connectivity index (χ2n) is 8.27. The molecule has 0 atom stereocenters. The Kier molecular flexibility index (Phi) is 5.94. The Labute approximate surface area is 146 Å². The highest BCUT2D eigenvalue weighted by atomic mass is 19.2. The second kappa shape index (κ2) is 7.97. The molecule has 134 valence electrons. The Balaban J connectivity index is 1.56. The zero-order chi connectivity index (χ0) is 17.1. The molecule has 3 rings (SSSR count). The predicted octanol–water partition coefficient (Wildman–Crippen LogP) is 7.15. The molecule has 2 aliphatic carbocycles. The molecule has 0 heterocycles. The van der Waals surface area contributed by atoms with Crippen molar-refractivity contribution in [1.82, 2.24) is 0 Å². The third-order valence-corrected chi connectivity index (χ3v) is 6.79. The van der Waals surface area contributed by atoms with Crippen LogP contribution in [0.5, 0.6) is 0 Å². The summed E-state index contributed by atoms with van der Waals surface area (Å²) in [7, 11) is 0. The van der Waals surface area contributed by atoms with Crippen molar-refractivity contribution in [2.45, 2.75) is 84.0 Å². The maximum Gasteiger partial charge on any atom is 0.162 e. The number of aryl methyl sites for hydroxylation is 1. The van der Waals surface area contributed by atoms with Gasteiger partial charge in [0.25, 0.3) is 0 Å². The molecule has 0 nitrogen and oxygen atoms in total. The van der Waals surface area contributed by atoms with Crippen molar-refractivity contribution in [3.63, 3.8) is 0 Å². The van der Waals surface area contributed by atoms with Crippen LogP contribution in [0.15, 0.2) is 12.1 Å². The van der Waals surface area contributed by atoms with Gasteiger partial charge in [-0.15, -0.1) is 0 Å². The van der Waals surface area contributed by atoms with Crippen LogP contribution >= 0.6 is 0 Å². The third-order valence-electron chi connectivity index (χ3n) is 6.79. The normalized spacial score (nSPS) is 31.2. The van der Waals surface area contributed by atoms with Gasteiger partial charge in [-0.3, -0.25) is 0 Å². The quantitative estimate of drug-likeness (QED) is 0.548. The van der Waals surface area contributed by atoms with Crippen LogP contribution in [-0.4, -0.2) is 0 Å². The minimum atomic E-state index is -0.688. The van der Waals surface area contributed by atoms with E-state index in [1.165, 1.54) is 57.4 Å². The van der Waals surface area contributed by atoms with Crippen LogP contribution in [0.1, 0.15) is 88.2 Å². The van der Waals surface area contributed by atoms with Crippen LogP contribution in [0.3, 0.4) is 0 Å². The number of benzene rings is 1. The molecule has 0 radical (unpaired) electrons. The van der Waals surface area contributed by atoms with Gasteiger partial charge in [-0.25, -0.2) is 8.78 Å². The van der Waals surface area contributed by atoms with E-state index in [2.05, 4.69) is 6.92 Å². The van der Waals surface area contributed by atoms with Crippen molar-refractivity contribution in [3.8, 4) is 0 Å². The summed E-state index contributed by atoms with van der Waals surface area (Å²) >= 11 is 0. The monoisotopic (exact) mass is 334 g/mol. The summed E-state index contributed by atoms with van der Waals surface area (Å²) < 4.78 is 27.8. The molecule has 1 aromatic carbocycles. The van der Waals surface area contributed by atoms with E-state index >= 15 is 0 Å². The van der Waals surface area contributed by atoms with Gasteiger partial charge in [-0.1, -0.05) is 38.7 Å². The highest BCUT2D eigenvalue weighted by Gasteiger charge is 2.32. The van der Waals surface area contributed by atoms with E-state index in [1.807, 2.05) is 6.92 Å². The average molecular weight is 334 g/mol. The van der Waals surface area contributed by atoms with Gasteiger partial charge < -0.3 is 0 Å². The summed E-state index contributed by atoms with van der Waals surface area (Å²) in [5, 5.41) is 0. The highest BCUT2D eigenvalue weighted by Crippen LogP contribution is 2.45. The van der Waals surface area contributed by atoms with Crippen molar-refractivity contribution in [3.05, 3.63) is 34.9 Å². The summed E-state index contributed by atoms with van der Waals surface area (Å²) in [6.45, 7) is 4.21. The second-order valence-corrected chi connectivity index (χ2v) is 8.27. The van der Waals surface area contributed by atoms with E-state index < -0.39 is 11.6 Å². The molecule has 1 aromatic rings. The molecule has 24 heavy (non-hydrogen) atoms. The molecular weight excluding hydrogens is 302 g/mol. The van der Waals surface area contributed by atoms with Crippen LogP contribution in [0.25, 0.3) is 0 Å². The van der Waals surface area contributed by atoms with Gasteiger partial charge >= 0.3 is 0 Å². The molecule has 2 aliphatic rings. The van der Waals surface area contributed by atoms with Gasteiger partial charge in [0.2, 0.25) is 0 Å². The lowest BCUT2D eigenvalue weighted by molar-refractivity contribution is 0.155. The van der Waals surface area contributed by atoms with Gasteiger partial charge in [0, 0.05) is 0 Å². The molecule has 2 fully saturated rings. The van der Waals surface area contributed by atoms with Gasteiger partial charge in [0.1, 0.15) is 0 Å². The zero-order valence-electron chi connectivity index (χ0n) is 15.3. The maximum absolute atomic E-state index is 14.2. The summed E-state index contributed by atoms with van der Waals surface area (Å²) in [4.78, 5) is 0. The van der Waals surface area contributed by atoms with Crippen molar-refractivity contribution >= 4 is 0 Å². The Morgan fingerprint density at radius 3 is 2.04 bits per heavy atom. The van der Waals surface area contributed by atoms with Gasteiger partial charge in [-0.05, 0) is 86.3 Å². The van der Waals surface area contributed by atoms with Gasteiger partial charge in [-0.2, -0.15) is 0 Å². The van der Waals surface area contributed by atoms with Crippen LogP contribution in [0.4, 0.5) is 8.78 Å². The molecule has 2 heteroatoms. The summed E-state index contributed by atoms with van der Waals surface area (Å²) in [5.74, 6) is 1.60. The van der Waals surface area contributed by atoms with Crippen LogP contribution in [-0.2, 0) is 0 Å². The lowest BCUT2D eigenvalue weighted by Gasteiger charge is -2.38. The molecular formula is C22H32F2. The van der Waals surface area contributed by atoms with E-state index in [-0.39, 0.29) is 5.92 Å². The average Bonchev–Trinajstić information content (AvgIpc) is 2.60. The summed E-state index contributed by atoms with van der Waals surface area (Å²) in [6, 6.07) is 2.99. The first-order valence-electron chi connectivity index (χ1n) is 10.0. The first-order chi connectivity index (χ1) is 11.6. The Morgan fingerprint density at radius 2 is 1.46 bits per heavy atom. The first-order valence-corrected chi connectivity index (χ1v) is 10.0. The molecule has 2 saturated carbocycles. The topological polar surface area (TPSA) is 0 Å². The summed E-state index contributed by atoms with van der Waals surface area (Å²) in [5.41, 5.74) is 1.57. The van der Waals surface area contributed by atoms with Crippen molar-refractivity contribution < 1.29 is 8.78 Å². The molecule has 0 bridgehead atoms. The van der Waals surface area contributed by atoms with Gasteiger partial charge in [0.05, 0.1) is 0 Å². The molecule has 0 unspecified atom stereocenters. The Bertz CT molecular complexity index is 535. The lowest BCUT2D eigenvalue weighted by atomic mass is 9.67. The van der Waals surface area contributed by atoms with Crippen molar-refractivity contribution in [2.75, 3.05) is 0 Å². The van der Waals surface area contributed by atoms with E-state index in [9.17, 15) is 8.78 Å². The molecule has 0 N–H and O–H groups in total. The third kappa shape index (κ3) is 3.83. The largest absolute Gasteiger partial charge is 0.204 e. The van der Waals surface area contributed by atoms with Crippen LogP contribution in [0.2, 0.25) is 0 Å². The molecule has 0 aromatic heterocycles. The minimum absolute atomic E-state index is 0.216. The van der Waals surface area contributed by atoms with Crippen LogP contribution in [0, 0.1) is 36.3 Å². The zero-order valence-corrected chi connectivity index (χ0v) is 15.3. The number of hydrogen-bond donors (Lipinski definition) is 0. The van der Waals surface area contributed by atoms with Crippen LogP contribution < -0.4 is 0 Å². The Morgan fingerprint density at radius 1 is 0.875 bits per heavy atom. The van der Waals surface area contributed by atoms with Gasteiger partial charge in [0.15, 0.2) is 11.6 Å². The number of halogens is 2. The minimum Gasteiger partial charge on any atom is -0.204 e. The smallest absolute Gasteiger partial charge is 0.162 e. The number of hydrogen-bond acceptors (Lipinski definition) is 0. The fraction of sp³-hybridized carbons (Fsp3) is 0.727. The highest BCUT2D eigenvalue weighted by molar-refractivity contribution is 5.32. The first kappa shape index (κ1) is 17.9. The standard InChI is InChI=1S/C22H32F2/c1-3-4-16-6-8-17(9-7-16)18-10-12-19(13-11-18)21-15(2)5-14-20(23)22(21)24/h5,14,16-19H,3-4,6-13H2,1-2H3. The van der Waals surface area contributed by atoms with E-state index in [0.29, 0.717) is 5.56 Å². The number of rotatable bonds is 4. The van der Waals surface area contributed by atoms with Crippen molar-refractivity contribution in [1.29, 1.82) is 0 Å². The van der Waals surface area contributed by atoms with E-state index in [0.717, 1.165) is 36.2 Å². The van der Waals surface area contributed by atoms with E-state index in [1.54, 1.807) is 6.07 Å². The molecule has 0 aliphatic heterocycles. The SMILES string of the molecule is CCCC1CCC(C2CCC(c3c(C)ccc(F)c3F)CC2)CC1. The molecule has 0 saturated heterocycles.